The minimum absolute atomic E-state index is 0.0921. The Balaban J connectivity index is 1.60. The van der Waals surface area contributed by atoms with E-state index in [0.29, 0.717) is 30.7 Å². The second-order valence-corrected chi connectivity index (χ2v) is 6.67. The molecule has 0 aliphatic carbocycles. The normalized spacial score (nSPS) is 21.2. The summed E-state index contributed by atoms with van der Waals surface area (Å²) in [5.74, 6) is -3.48. The summed E-state index contributed by atoms with van der Waals surface area (Å²) < 4.78 is 41.5. The maximum atomic E-state index is 13.1. The summed E-state index contributed by atoms with van der Waals surface area (Å²) in [6.45, 7) is -1.13. The lowest BCUT2D eigenvalue weighted by Gasteiger charge is -2.41. The highest BCUT2D eigenvalue weighted by atomic mass is 19.3. The number of hydrogen-bond donors (Lipinski definition) is 0. The van der Waals surface area contributed by atoms with Crippen molar-refractivity contribution < 1.29 is 18.0 Å². The van der Waals surface area contributed by atoms with Gasteiger partial charge in [-0.1, -0.05) is 6.07 Å². The number of likely N-dealkylation sites (tertiary alicyclic amines) is 1. The van der Waals surface area contributed by atoms with Gasteiger partial charge in [0.2, 0.25) is 11.9 Å². The van der Waals surface area contributed by atoms with E-state index >= 15 is 0 Å². The van der Waals surface area contributed by atoms with E-state index in [0.717, 1.165) is 4.90 Å². The van der Waals surface area contributed by atoms with Crippen LogP contribution in [0, 0.1) is 5.95 Å². The molecular formula is C16H16F3N5O2. The lowest BCUT2D eigenvalue weighted by Crippen LogP contribution is -2.60. The van der Waals surface area contributed by atoms with Crippen molar-refractivity contribution in [3.05, 3.63) is 46.1 Å². The summed E-state index contributed by atoms with van der Waals surface area (Å²) in [5.41, 5.74) is 0.115. The van der Waals surface area contributed by atoms with Crippen molar-refractivity contribution in [3.8, 4) is 0 Å². The van der Waals surface area contributed by atoms with Gasteiger partial charge in [-0.25, -0.2) is 23.2 Å². The average molecular weight is 367 g/mol. The van der Waals surface area contributed by atoms with Crippen LogP contribution in [0.5, 0.6) is 0 Å². The van der Waals surface area contributed by atoms with Crippen molar-refractivity contribution in [1.29, 1.82) is 0 Å². The van der Waals surface area contributed by atoms with Gasteiger partial charge < -0.3 is 4.90 Å². The molecule has 1 unspecified atom stereocenters. The number of carbonyl (C=O) groups excluding carboxylic acids is 1. The summed E-state index contributed by atoms with van der Waals surface area (Å²) in [5, 5.41) is 4.26. The third-order valence-corrected chi connectivity index (χ3v) is 4.69. The Hall–Kier alpha value is -2.65. The lowest BCUT2D eigenvalue weighted by atomic mass is 10.0. The van der Waals surface area contributed by atoms with Crippen LogP contribution in [0.1, 0.15) is 30.3 Å². The number of carbonyl (C=O) groups is 1. The van der Waals surface area contributed by atoms with Gasteiger partial charge in [0, 0.05) is 12.6 Å². The van der Waals surface area contributed by atoms with Crippen LogP contribution in [-0.4, -0.2) is 49.2 Å². The molecule has 2 aromatic heterocycles. The zero-order chi connectivity index (χ0) is 18.5. The average Bonchev–Trinajstić information content (AvgIpc) is 2.90. The van der Waals surface area contributed by atoms with Crippen LogP contribution in [0.25, 0.3) is 0 Å². The van der Waals surface area contributed by atoms with E-state index in [1.165, 1.54) is 27.6 Å². The first kappa shape index (κ1) is 16.8. The van der Waals surface area contributed by atoms with E-state index in [4.69, 9.17) is 0 Å². The lowest BCUT2D eigenvalue weighted by molar-refractivity contribution is -0.169. The number of rotatable bonds is 3. The zero-order valence-corrected chi connectivity index (χ0v) is 13.7. The molecule has 2 aliphatic heterocycles. The van der Waals surface area contributed by atoms with E-state index in [2.05, 4.69) is 10.1 Å². The second-order valence-electron chi connectivity index (χ2n) is 6.67. The monoisotopic (exact) mass is 367 g/mol. The highest BCUT2D eigenvalue weighted by Gasteiger charge is 2.48. The van der Waals surface area contributed by atoms with Crippen LogP contribution in [0.2, 0.25) is 0 Å². The number of aryl methyl sites for hydroxylation is 1. The SMILES string of the molecule is O=C(C1CCCc2nn(Cc3ccc(F)nc3)c(=O)n21)N1CC(F)(F)C1. The van der Waals surface area contributed by atoms with Crippen molar-refractivity contribution in [3.63, 3.8) is 0 Å². The Kier molecular flexibility index (Phi) is 3.85. The summed E-state index contributed by atoms with van der Waals surface area (Å²) >= 11 is 0. The molecule has 1 amide bonds. The van der Waals surface area contributed by atoms with Gasteiger partial charge in [-0.15, -0.1) is 0 Å². The standard InChI is InChI=1S/C16H16F3N5O2/c17-12-5-4-10(6-20-12)7-23-15(26)24-11(2-1-3-13(24)21-23)14(25)22-8-16(18,19)9-22/h4-6,11H,1-3,7-9H2. The Morgan fingerprint density at radius 1 is 1.31 bits per heavy atom. The summed E-state index contributed by atoms with van der Waals surface area (Å²) in [4.78, 5) is 29.9. The van der Waals surface area contributed by atoms with Gasteiger partial charge in [-0.05, 0) is 24.5 Å². The fraction of sp³-hybridized carbons (Fsp3) is 0.500. The van der Waals surface area contributed by atoms with E-state index in [1.54, 1.807) is 0 Å². The molecule has 4 heterocycles. The molecule has 138 valence electrons. The molecule has 7 nitrogen and oxygen atoms in total. The smallest absolute Gasteiger partial charge is 0.329 e. The van der Waals surface area contributed by atoms with Crippen LogP contribution in [0.15, 0.2) is 23.1 Å². The molecule has 0 saturated carbocycles. The van der Waals surface area contributed by atoms with Crippen molar-refractivity contribution in [2.24, 2.45) is 0 Å². The molecule has 0 N–H and O–H groups in total. The first-order valence-electron chi connectivity index (χ1n) is 8.29. The van der Waals surface area contributed by atoms with E-state index in [-0.39, 0.29) is 6.54 Å². The third kappa shape index (κ3) is 2.89. The molecule has 0 aromatic carbocycles. The predicted molar refractivity (Wildman–Crippen MR) is 83.3 cm³/mol. The number of alkyl halides is 2. The Bertz CT molecular complexity index is 898. The molecule has 2 aliphatic rings. The van der Waals surface area contributed by atoms with Gasteiger partial charge in [0.25, 0.3) is 5.92 Å². The Morgan fingerprint density at radius 3 is 2.73 bits per heavy atom. The van der Waals surface area contributed by atoms with Crippen LogP contribution >= 0.6 is 0 Å². The number of fused-ring (bicyclic) bond motifs is 1. The van der Waals surface area contributed by atoms with Crippen molar-refractivity contribution in [2.45, 2.75) is 37.8 Å². The summed E-state index contributed by atoms with van der Waals surface area (Å²) in [6, 6.07) is 1.88. The molecule has 1 atom stereocenters. The fourth-order valence-electron chi connectivity index (χ4n) is 3.42. The van der Waals surface area contributed by atoms with Gasteiger partial charge in [0.1, 0.15) is 11.9 Å². The molecule has 10 heteroatoms. The molecule has 2 aromatic rings. The van der Waals surface area contributed by atoms with Crippen molar-refractivity contribution in [2.75, 3.05) is 13.1 Å². The first-order chi connectivity index (χ1) is 12.3. The molecule has 0 radical (unpaired) electrons. The van der Waals surface area contributed by atoms with Gasteiger partial charge in [-0.2, -0.15) is 9.49 Å². The number of pyridine rings is 1. The van der Waals surface area contributed by atoms with E-state index in [1.807, 2.05) is 0 Å². The number of hydrogen-bond acceptors (Lipinski definition) is 4. The van der Waals surface area contributed by atoms with Crippen molar-refractivity contribution >= 4 is 5.91 Å². The Labute approximate surface area is 146 Å². The zero-order valence-electron chi connectivity index (χ0n) is 13.7. The molecule has 0 bridgehead atoms. The molecule has 1 saturated heterocycles. The maximum Gasteiger partial charge on any atom is 0.346 e. The fourth-order valence-corrected chi connectivity index (χ4v) is 3.42. The topological polar surface area (TPSA) is 73.0 Å². The third-order valence-electron chi connectivity index (χ3n) is 4.69. The molecular weight excluding hydrogens is 351 g/mol. The maximum absolute atomic E-state index is 13.1. The number of halogens is 3. The highest BCUT2D eigenvalue weighted by molar-refractivity contribution is 5.81. The highest BCUT2D eigenvalue weighted by Crippen LogP contribution is 2.31. The number of amides is 1. The first-order valence-corrected chi connectivity index (χ1v) is 8.29. The molecule has 4 rings (SSSR count). The summed E-state index contributed by atoms with van der Waals surface area (Å²) in [7, 11) is 0. The quantitative estimate of drug-likeness (QED) is 0.759. The van der Waals surface area contributed by atoms with Crippen LogP contribution < -0.4 is 5.69 Å². The van der Waals surface area contributed by atoms with Gasteiger partial charge in [0.15, 0.2) is 0 Å². The van der Waals surface area contributed by atoms with Crippen LogP contribution in [0.4, 0.5) is 13.2 Å². The predicted octanol–water partition coefficient (Wildman–Crippen LogP) is 0.982. The second kappa shape index (κ2) is 5.96. The van der Waals surface area contributed by atoms with Gasteiger partial charge in [0.05, 0.1) is 19.6 Å². The van der Waals surface area contributed by atoms with Gasteiger partial charge >= 0.3 is 5.69 Å². The molecule has 0 spiro atoms. The van der Waals surface area contributed by atoms with Crippen molar-refractivity contribution in [1.82, 2.24) is 24.2 Å². The van der Waals surface area contributed by atoms with Gasteiger partial charge in [-0.3, -0.25) is 9.36 Å². The Morgan fingerprint density at radius 2 is 2.08 bits per heavy atom. The molecule has 26 heavy (non-hydrogen) atoms. The molecule has 1 fully saturated rings. The van der Waals surface area contributed by atoms with Crippen LogP contribution in [0.3, 0.4) is 0 Å². The van der Waals surface area contributed by atoms with E-state index in [9.17, 15) is 22.8 Å². The minimum Gasteiger partial charge on any atom is -0.329 e. The minimum atomic E-state index is -2.85. The van der Waals surface area contributed by atoms with E-state index < -0.39 is 42.6 Å². The summed E-state index contributed by atoms with van der Waals surface area (Å²) in [6.07, 6.45) is 2.90. The number of aromatic nitrogens is 4. The number of nitrogens with zero attached hydrogens (tertiary/aromatic N) is 5. The van der Waals surface area contributed by atoms with Crippen LogP contribution in [-0.2, 0) is 17.8 Å². The largest absolute Gasteiger partial charge is 0.346 e.